The Kier molecular flexibility index (Phi) is 5.78. The van der Waals surface area contributed by atoms with Crippen molar-refractivity contribution in [2.75, 3.05) is 24.2 Å². The second-order valence-electron chi connectivity index (χ2n) is 3.95. The highest BCUT2D eigenvalue weighted by Crippen LogP contribution is 2.25. The molecule has 0 heterocycles. The Bertz CT molecular complexity index is 673. The maximum absolute atomic E-state index is 11.8. The Labute approximate surface area is 123 Å². The van der Waals surface area contributed by atoms with Gasteiger partial charge in [0.25, 0.3) is 0 Å². The van der Waals surface area contributed by atoms with Crippen molar-refractivity contribution >= 4 is 37.3 Å². The van der Waals surface area contributed by atoms with Gasteiger partial charge in [-0.25, -0.2) is 22.0 Å². The summed E-state index contributed by atoms with van der Waals surface area (Å²) in [7, 11) is -6.11. The van der Waals surface area contributed by atoms with Gasteiger partial charge < -0.3 is 4.74 Å². The molecular formula is C10H15ClN2O5S2. The molecule has 0 spiro atoms. The van der Waals surface area contributed by atoms with Crippen LogP contribution in [0.15, 0.2) is 23.1 Å². The average Bonchev–Trinajstić information content (AvgIpc) is 2.30. The third-order valence-corrected chi connectivity index (χ3v) is 4.89. The lowest BCUT2D eigenvalue weighted by atomic mass is 10.3. The molecule has 0 radical (unpaired) electrons. The Balaban J connectivity index is 2.97. The van der Waals surface area contributed by atoms with Gasteiger partial charge in [0.05, 0.1) is 21.4 Å². The first-order valence-electron chi connectivity index (χ1n) is 5.47. The van der Waals surface area contributed by atoms with Crippen LogP contribution >= 0.6 is 11.6 Å². The molecule has 0 saturated carbocycles. The smallest absolute Gasteiger partial charge is 0.238 e. The largest absolute Gasteiger partial charge is 0.385 e. The van der Waals surface area contributed by atoms with Crippen molar-refractivity contribution in [1.82, 2.24) is 0 Å². The number of anilines is 1. The SMILES string of the molecule is COCCCS(=O)(=O)Nc1cc(S(N)(=O)=O)ccc1Cl. The van der Waals surface area contributed by atoms with Gasteiger partial charge in [-0.3, -0.25) is 4.72 Å². The number of rotatable bonds is 7. The summed E-state index contributed by atoms with van der Waals surface area (Å²) in [5.74, 6) is -0.170. The summed E-state index contributed by atoms with van der Waals surface area (Å²) >= 11 is 5.83. The van der Waals surface area contributed by atoms with E-state index in [2.05, 4.69) is 4.72 Å². The molecule has 0 aliphatic carbocycles. The van der Waals surface area contributed by atoms with Gasteiger partial charge in [0.2, 0.25) is 20.0 Å². The Hall–Kier alpha value is -0.870. The van der Waals surface area contributed by atoms with E-state index in [1.165, 1.54) is 19.2 Å². The fraction of sp³-hybridized carbons (Fsp3) is 0.400. The van der Waals surface area contributed by atoms with Crippen LogP contribution in [-0.2, 0) is 24.8 Å². The third-order valence-electron chi connectivity index (χ3n) is 2.29. The number of ether oxygens (including phenoxy) is 1. The molecule has 1 rings (SSSR count). The molecule has 0 bridgehead atoms. The van der Waals surface area contributed by atoms with E-state index in [0.717, 1.165) is 6.07 Å². The molecule has 0 amide bonds. The lowest BCUT2D eigenvalue weighted by molar-refractivity contribution is 0.199. The van der Waals surface area contributed by atoms with Crippen molar-refractivity contribution in [1.29, 1.82) is 0 Å². The van der Waals surface area contributed by atoms with Crippen LogP contribution < -0.4 is 9.86 Å². The van der Waals surface area contributed by atoms with Gasteiger partial charge in [0.1, 0.15) is 0 Å². The Morgan fingerprint density at radius 2 is 1.95 bits per heavy atom. The van der Waals surface area contributed by atoms with Crippen LogP contribution in [0, 0.1) is 0 Å². The third kappa shape index (κ3) is 5.25. The van der Waals surface area contributed by atoms with Crippen LogP contribution in [0.5, 0.6) is 0 Å². The molecule has 7 nitrogen and oxygen atoms in total. The maximum Gasteiger partial charge on any atom is 0.238 e. The number of hydrogen-bond donors (Lipinski definition) is 2. The van der Waals surface area contributed by atoms with Crippen LogP contribution in [0.25, 0.3) is 0 Å². The maximum atomic E-state index is 11.8. The summed E-state index contributed by atoms with van der Waals surface area (Å²) < 4.78 is 53.0. The molecule has 114 valence electrons. The summed E-state index contributed by atoms with van der Waals surface area (Å²) in [5.41, 5.74) is -0.0318. The number of benzene rings is 1. The molecule has 20 heavy (non-hydrogen) atoms. The fourth-order valence-corrected chi connectivity index (χ4v) is 3.24. The van der Waals surface area contributed by atoms with Crippen LogP contribution in [0.3, 0.4) is 0 Å². The predicted molar refractivity (Wildman–Crippen MR) is 76.7 cm³/mol. The van der Waals surface area contributed by atoms with Crippen LogP contribution in [0.2, 0.25) is 5.02 Å². The number of methoxy groups -OCH3 is 1. The summed E-state index contributed by atoms with van der Waals surface area (Å²) in [6, 6.07) is 3.53. The zero-order valence-corrected chi connectivity index (χ0v) is 13.1. The standard InChI is InChI=1S/C10H15ClN2O5S2/c1-18-5-2-6-19(14,15)13-10-7-8(20(12,16)17)3-4-9(10)11/h3-4,7,13H,2,5-6H2,1H3,(H2,12,16,17). The zero-order valence-electron chi connectivity index (χ0n) is 10.7. The van der Waals surface area contributed by atoms with Gasteiger partial charge in [-0.15, -0.1) is 0 Å². The van der Waals surface area contributed by atoms with Crippen LogP contribution in [0.1, 0.15) is 6.42 Å². The van der Waals surface area contributed by atoms with Gasteiger partial charge in [0, 0.05) is 13.7 Å². The van der Waals surface area contributed by atoms with Gasteiger partial charge in [-0.1, -0.05) is 11.6 Å². The second-order valence-corrected chi connectivity index (χ2v) is 7.76. The topological polar surface area (TPSA) is 116 Å². The molecular weight excluding hydrogens is 328 g/mol. The molecule has 0 saturated heterocycles. The first-order valence-corrected chi connectivity index (χ1v) is 9.05. The monoisotopic (exact) mass is 342 g/mol. The summed E-state index contributed by atoms with van der Waals surface area (Å²) in [4.78, 5) is -0.225. The van der Waals surface area contributed by atoms with E-state index >= 15 is 0 Å². The van der Waals surface area contributed by atoms with Crippen LogP contribution in [0.4, 0.5) is 5.69 Å². The lowest BCUT2D eigenvalue weighted by Gasteiger charge is -2.10. The minimum absolute atomic E-state index is 0.0318. The minimum atomic E-state index is -3.93. The Morgan fingerprint density at radius 3 is 2.50 bits per heavy atom. The lowest BCUT2D eigenvalue weighted by Crippen LogP contribution is -2.19. The van der Waals surface area contributed by atoms with E-state index in [1.807, 2.05) is 0 Å². The molecule has 1 aromatic carbocycles. The molecule has 0 aromatic heterocycles. The van der Waals surface area contributed by atoms with Crippen molar-refractivity contribution in [2.45, 2.75) is 11.3 Å². The van der Waals surface area contributed by atoms with Crippen LogP contribution in [-0.4, -0.2) is 36.3 Å². The van der Waals surface area contributed by atoms with Gasteiger partial charge >= 0.3 is 0 Å². The summed E-state index contributed by atoms with van der Waals surface area (Å²) in [6.45, 7) is 0.297. The first kappa shape index (κ1) is 17.2. The van der Waals surface area contributed by atoms with E-state index in [4.69, 9.17) is 21.5 Å². The molecule has 0 aliphatic heterocycles. The van der Waals surface area contributed by atoms with E-state index in [1.54, 1.807) is 0 Å². The first-order chi connectivity index (χ1) is 9.15. The average molecular weight is 343 g/mol. The number of halogens is 1. The quantitative estimate of drug-likeness (QED) is 0.710. The van der Waals surface area contributed by atoms with Crippen molar-refractivity contribution in [3.63, 3.8) is 0 Å². The van der Waals surface area contributed by atoms with Crippen molar-refractivity contribution in [2.24, 2.45) is 5.14 Å². The number of primary sulfonamides is 1. The molecule has 1 aromatic rings. The summed E-state index contributed by atoms with van der Waals surface area (Å²) in [5, 5.41) is 5.05. The molecule has 0 fully saturated rings. The van der Waals surface area contributed by atoms with Gasteiger partial charge in [0.15, 0.2) is 0 Å². The summed E-state index contributed by atoms with van der Waals surface area (Å²) in [6.07, 6.45) is 0.304. The number of nitrogens with one attached hydrogen (secondary N) is 1. The second kappa shape index (κ2) is 6.72. The highest BCUT2D eigenvalue weighted by molar-refractivity contribution is 7.92. The Morgan fingerprint density at radius 1 is 1.30 bits per heavy atom. The van der Waals surface area contributed by atoms with Gasteiger partial charge in [-0.2, -0.15) is 0 Å². The number of hydrogen-bond acceptors (Lipinski definition) is 5. The molecule has 0 atom stereocenters. The molecule has 0 unspecified atom stereocenters. The minimum Gasteiger partial charge on any atom is -0.385 e. The van der Waals surface area contributed by atoms with Gasteiger partial charge in [-0.05, 0) is 24.6 Å². The molecule has 3 N–H and O–H groups in total. The normalized spacial score (nSPS) is 12.3. The predicted octanol–water partition coefficient (Wildman–Crippen LogP) is 0.766. The van der Waals surface area contributed by atoms with E-state index in [-0.39, 0.29) is 21.4 Å². The van der Waals surface area contributed by atoms with Crippen molar-refractivity contribution in [3.05, 3.63) is 23.2 Å². The zero-order chi connectivity index (χ0) is 15.4. The van der Waals surface area contributed by atoms with E-state index in [9.17, 15) is 16.8 Å². The molecule has 10 heteroatoms. The van der Waals surface area contributed by atoms with E-state index < -0.39 is 20.0 Å². The van der Waals surface area contributed by atoms with E-state index in [0.29, 0.717) is 13.0 Å². The van der Waals surface area contributed by atoms with Crippen molar-refractivity contribution in [3.8, 4) is 0 Å². The number of nitrogens with two attached hydrogens (primary N) is 1. The highest BCUT2D eigenvalue weighted by Gasteiger charge is 2.15. The van der Waals surface area contributed by atoms with Crippen molar-refractivity contribution < 1.29 is 21.6 Å². The fourth-order valence-electron chi connectivity index (χ4n) is 1.37. The molecule has 0 aliphatic rings. The number of sulfonamides is 2. The highest BCUT2D eigenvalue weighted by atomic mass is 35.5.